The van der Waals surface area contributed by atoms with Crippen LogP contribution in [-0.2, 0) is 22.1 Å². The molecule has 0 bridgehead atoms. The van der Waals surface area contributed by atoms with Gasteiger partial charge in [0.25, 0.3) is 0 Å². The van der Waals surface area contributed by atoms with Crippen molar-refractivity contribution in [2.45, 2.75) is 39.4 Å². The summed E-state index contributed by atoms with van der Waals surface area (Å²) >= 11 is 0. The summed E-state index contributed by atoms with van der Waals surface area (Å²) in [5, 5.41) is 18.5. The van der Waals surface area contributed by atoms with Crippen molar-refractivity contribution in [1.29, 1.82) is 10.7 Å². The van der Waals surface area contributed by atoms with Gasteiger partial charge in [-0.25, -0.2) is 9.59 Å². The van der Waals surface area contributed by atoms with E-state index in [1.54, 1.807) is 18.2 Å². The molecule has 1 aliphatic heterocycles. The lowest BCUT2D eigenvalue weighted by atomic mass is 9.87. The minimum absolute atomic E-state index is 0.0751. The minimum Gasteiger partial charge on any atom is -0.466 e. The third-order valence-electron chi connectivity index (χ3n) is 7.79. The van der Waals surface area contributed by atoms with E-state index in [-0.39, 0.29) is 17.0 Å². The fourth-order valence-corrected chi connectivity index (χ4v) is 4.96. The molecule has 0 spiro atoms. The minimum atomic E-state index is -4.66. The number of carbonyl (C=O) groups excluding carboxylic acids is 2. The Morgan fingerprint density at radius 2 is 1.83 bits per heavy atom. The highest BCUT2D eigenvalue weighted by Gasteiger charge is 2.44. The lowest BCUT2D eigenvalue weighted by molar-refractivity contribution is -0.905. The highest BCUT2D eigenvalue weighted by Crippen LogP contribution is 2.42. The number of likely N-dealkylation sites (N-methyl/N-ethyl adjacent to an activating group) is 1. The maximum absolute atomic E-state index is 13.5. The predicted molar refractivity (Wildman–Crippen MR) is 148 cm³/mol. The number of alkyl halides is 3. The standard InChI is InChI=1S/C29H33F3N6O3/c1-6-38(4,7-2)14-13-20-15-19(17-33)11-12-23(20)25-24(26(39)41-5)18(3)36(27(34)37(25)28(35)40)22-10-8-9-21(16-22)29(30,31)32/h8-12,15-16,25,34H,6-7,13-14H2,1-5H3,(H-,35,40)/p+1/t25-/m1/s1. The number of carbonyl (C=O) groups is 2. The van der Waals surface area contributed by atoms with Gasteiger partial charge < -0.3 is 15.0 Å². The molecule has 2 aromatic carbocycles. The van der Waals surface area contributed by atoms with Crippen LogP contribution in [-0.4, -0.2) is 61.1 Å². The number of quaternary nitrogens is 1. The highest BCUT2D eigenvalue weighted by molar-refractivity contribution is 6.10. The Bertz CT molecular complexity index is 1430. The second kappa shape index (κ2) is 12.0. The first-order valence-corrected chi connectivity index (χ1v) is 13.0. The topological polar surface area (TPSA) is 124 Å². The Labute approximate surface area is 237 Å². The molecule has 3 rings (SSSR count). The first kappa shape index (κ1) is 31.2. The smallest absolute Gasteiger partial charge is 0.416 e. The van der Waals surface area contributed by atoms with Crippen LogP contribution in [0.3, 0.4) is 0 Å². The Balaban J connectivity index is 2.31. The lowest BCUT2D eigenvalue weighted by Gasteiger charge is -2.43. The first-order chi connectivity index (χ1) is 19.2. The average Bonchev–Trinajstić information content (AvgIpc) is 2.94. The summed E-state index contributed by atoms with van der Waals surface area (Å²) in [6.45, 7) is 7.99. The van der Waals surface area contributed by atoms with E-state index >= 15 is 0 Å². The number of nitrogens with two attached hydrogens (primary N) is 1. The number of nitrogens with one attached hydrogen (secondary N) is 1. The third-order valence-corrected chi connectivity index (χ3v) is 7.79. The van der Waals surface area contributed by atoms with Crippen LogP contribution in [0.4, 0.5) is 23.7 Å². The molecule has 9 nitrogen and oxygen atoms in total. The van der Waals surface area contributed by atoms with E-state index < -0.39 is 35.7 Å². The number of urea groups is 1. The summed E-state index contributed by atoms with van der Waals surface area (Å²) in [6, 6.07) is 8.84. The Morgan fingerprint density at radius 1 is 1.17 bits per heavy atom. The van der Waals surface area contributed by atoms with Gasteiger partial charge in [0.1, 0.15) is 6.04 Å². The normalized spacial score (nSPS) is 16.1. The van der Waals surface area contributed by atoms with Gasteiger partial charge in [0.05, 0.1) is 56.6 Å². The number of nitrogens with zero attached hydrogens (tertiary/aromatic N) is 4. The van der Waals surface area contributed by atoms with Crippen molar-refractivity contribution in [2.75, 3.05) is 38.7 Å². The summed E-state index contributed by atoms with van der Waals surface area (Å²) in [5.74, 6) is -1.38. The van der Waals surface area contributed by atoms with Crippen molar-refractivity contribution >= 4 is 23.6 Å². The molecule has 12 heteroatoms. The molecule has 218 valence electrons. The highest BCUT2D eigenvalue weighted by atomic mass is 19.4. The zero-order valence-electron chi connectivity index (χ0n) is 23.7. The third kappa shape index (κ3) is 6.20. The predicted octanol–water partition coefficient (Wildman–Crippen LogP) is 4.93. The van der Waals surface area contributed by atoms with E-state index in [0.717, 1.165) is 46.6 Å². The number of halogens is 3. The van der Waals surface area contributed by atoms with E-state index in [9.17, 15) is 28.0 Å². The van der Waals surface area contributed by atoms with Crippen molar-refractivity contribution in [2.24, 2.45) is 5.73 Å². The number of hydrogen-bond donors (Lipinski definition) is 2. The van der Waals surface area contributed by atoms with E-state index in [1.807, 2.05) is 0 Å². The number of amides is 2. The van der Waals surface area contributed by atoms with Gasteiger partial charge in [-0.1, -0.05) is 12.1 Å². The van der Waals surface area contributed by atoms with Crippen molar-refractivity contribution < 1.29 is 32.0 Å². The van der Waals surface area contributed by atoms with Crippen molar-refractivity contribution in [1.82, 2.24) is 4.90 Å². The number of primary amides is 1. The number of methoxy groups -OCH3 is 1. The fourth-order valence-electron chi connectivity index (χ4n) is 4.96. The molecule has 2 aromatic rings. The van der Waals surface area contributed by atoms with Gasteiger partial charge in [0, 0.05) is 17.8 Å². The van der Waals surface area contributed by atoms with Crippen LogP contribution < -0.4 is 10.6 Å². The number of anilines is 1. The van der Waals surface area contributed by atoms with Gasteiger partial charge in [-0.05, 0) is 62.2 Å². The van der Waals surface area contributed by atoms with Gasteiger partial charge in [-0.3, -0.25) is 15.2 Å². The molecule has 0 aromatic heterocycles. The van der Waals surface area contributed by atoms with Crippen molar-refractivity contribution in [3.63, 3.8) is 0 Å². The van der Waals surface area contributed by atoms with Crippen molar-refractivity contribution in [3.05, 3.63) is 76.0 Å². The molecule has 0 saturated heterocycles. The van der Waals surface area contributed by atoms with Gasteiger partial charge in [0.2, 0.25) is 5.96 Å². The van der Waals surface area contributed by atoms with E-state index in [1.165, 1.54) is 19.1 Å². The summed E-state index contributed by atoms with van der Waals surface area (Å²) in [4.78, 5) is 28.1. The zero-order chi connectivity index (χ0) is 30.7. The average molecular weight is 572 g/mol. The van der Waals surface area contributed by atoms with E-state index in [0.29, 0.717) is 29.7 Å². The molecule has 0 aliphatic carbocycles. The van der Waals surface area contributed by atoms with Crippen LogP contribution in [0.2, 0.25) is 0 Å². The van der Waals surface area contributed by atoms with Gasteiger partial charge in [0.15, 0.2) is 0 Å². The Hall–Kier alpha value is -4.37. The summed E-state index contributed by atoms with van der Waals surface area (Å²) in [5.41, 5.74) is 6.23. The van der Waals surface area contributed by atoms with Crippen molar-refractivity contribution in [3.8, 4) is 6.07 Å². The maximum atomic E-state index is 13.5. The molecule has 2 amide bonds. The lowest BCUT2D eigenvalue weighted by Crippen LogP contribution is -2.55. The van der Waals surface area contributed by atoms with Crippen LogP contribution in [0.25, 0.3) is 0 Å². The molecule has 1 heterocycles. The Morgan fingerprint density at radius 3 is 2.37 bits per heavy atom. The monoisotopic (exact) mass is 571 g/mol. The molecule has 0 saturated carbocycles. The summed E-state index contributed by atoms with van der Waals surface area (Å²) in [7, 11) is 3.24. The van der Waals surface area contributed by atoms with E-state index in [2.05, 4.69) is 27.0 Å². The number of hydrogen-bond acceptors (Lipinski definition) is 5. The number of nitriles is 1. The largest absolute Gasteiger partial charge is 0.466 e. The quantitative estimate of drug-likeness (QED) is 0.344. The molecular weight excluding hydrogens is 537 g/mol. The van der Waals surface area contributed by atoms with Crippen LogP contribution in [0, 0.1) is 16.7 Å². The second-order valence-corrected chi connectivity index (χ2v) is 10.1. The molecule has 0 fully saturated rings. The Kier molecular flexibility index (Phi) is 9.13. The number of allylic oxidation sites excluding steroid dienone is 1. The summed E-state index contributed by atoms with van der Waals surface area (Å²) < 4.78 is 46.4. The number of guanidine groups is 1. The maximum Gasteiger partial charge on any atom is 0.416 e. The molecule has 1 aliphatic rings. The molecular formula is C29H34F3N6O3+. The SMILES string of the molecule is CC[N+](C)(CC)CCc1cc(C#N)ccc1[C@@H]1C(C(=O)OC)=C(C)N(c2cccc(C(F)(F)F)c2)C(=N)N1C(N)=O. The van der Waals surface area contributed by atoms with Gasteiger partial charge in [-0.15, -0.1) is 0 Å². The first-order valence-electron chi connectivity index (χ1n) is 13.0. The number of ether oxygens (including phenoxy) is 1. The zero-order valence-corrected chi connectivity index (χ0v) is 23.7. The number of benzene rings is 2. The molecule has 0 unspecified atom stereocenters. The van der Waals surface area contributed by atoms with Crippen LogP contribution in [0.15, 0.2) is 53.7 Å². The van der Waals surface area contributed by atoms with Gasteiger partial charge >= 0.3 is 18.2 Å². The second-order valence-electron chi connectivity index (χ2n) is 10.1. The molecule has 1 atom stereocenters. The summed E-state index contributed by atoms with van der Waals surface area (Å²) in [6.07, 6.45) is -4.19. The van der Waals surface area contributed by atoms with Crippen LogP contribution in [0.5, 0.6) is 0 Å². The number of rotatable bonds is 8. The van der Waals surface area contributed by atoms with Gasteiger partial charge in [-0.2, -0.15) is 18.4 Å². The molecule has 41 heavy (non-hydrogen) atoms. The number of esters is 1. The molecule has 3 N–H and O–H groups in total. The van der Waals surface area contributed by atoms with E-state index in [4.69, 9.17) is 15.9 Å². The van der Waals surface area contributed by atoms with Crippen LogP contribution in [0.1, 0.15) is 49.1 Å². The fraction of sp³-hybridized carbons (Fsp3) is 0.379. The van der Waals surface area contributed by atoms with Crippen LogP contribution >= 0.6 is 0 Å². The molecule has 0 radical (unpaired) electrons.